The first-order valence-corrected chi connectivity index (χ1v) is 4.78. The molecule has 1 aliphatic heterocycles. The number of nitrogen functional groups attached to an aromatic ring is 1. The van der Waals surface area contributed by atoms with Crippen LogP contribution in [0.3, 0.4) is 0 Å². The molecule has 1 aliphatic rings. The van der Waals surface area contributed by atoms with E-state index in [0.29, 0.717) is 19.0 Å². The zero-order valence-corrected chi connectivity index (χ0v) is 8.06. The molecule has 0 atom stereocenters. The number of pyridine rings is 1. The van der Waals surface area contributed by atoms with Crippen LogP contribution < -0.4 is 15.2 Å². The van der Waals surface area contributed by atoms with Crippen LogP contribution in [0.2, 0.25) is 0 Å². The third kappa shape index (κ3) is 1.26. The first kappa shape index (κ1) is 8.35. The monoisotopic (exact) mass is 202 g/mol. The average molecular weight is 202 g/mol. The normalized spacial score (nSPS) is 14.1. The van der Waals surface area contributed by atoms with E-state index >= 15 is 0 Å². The van der Waals surface area contributed by atoms with Crippen LogP contribution in [-0.4, -0.2) is 18.2 Å². The highest BCUT2D eigenvalue weighted by Crippen LogP contribution is 2.35. The summed E-state index contributed by atoms with van der Waals surface area (Å²) in [6.45, 7) is 1.18. The molecule has 2 heterocycles. The topological polar surface area (TPSA) is 57.4 Å². The molecule has 4 nitrogen and oxygen atoms in total. The minimum absolute atomic E-state index is 0.518. The van der Waals surface area contributed by atoms with Crippen molar-refractivity contribution in [3.63, 3.8) is 0 Å². The summed E-state index contributed by atoms with van der Waals surface area (Å²) in [5.41, 5.74) is 5.78. The van der Waals surface area contributed by atoms with Gasteiger partial charge in [0.1, 0.15) is 19.0 Å². The molecule has 1 aromatic heterocycles. The molecule has 0 unspecified atom stereocenters. The van der Waals surface area contributed by atoms with E-state index in [4.69, 9.17) is 15.2 Å². The standard InChI is InChI=1S/C11H10N2O2/c12-11-8-6-10-9(14-3-4-15-10)5-7(8)1-2-13-11/h1-2,5-6H,3-4H2,(H2,12,13). The van der Waals surface area contributed by atoms with Crippen molar-refractivity contribution in [2.75, 3.05) is 18.9 Å². The van der Waals surface area contributed by atoms with E-state index in [2.05, 4.69) is 4.98 Å². The first-order chi connectivity index (χ1) is 7.34. The van der Waals surface area contributed by atoms with Gasteiger partial charge < -0.3 is 15.2 Å². The summed E-state index contributed by atoms with van der Waals surface area (Å²) in [6, 6.07) is 5.72. The second kappa shape index (κ2) is 3.02. The Labute approximate surface area is 86.6 Å². The smallest absolute Gasteiger partial charge is 0.162 e. The van der Waals surface area contributed by atoms with Crippen LogP contribution in [0, 0.1) is 0 Å². The second-order valence-corrected chi connectivity index (χ2v) is 3.41. The predicted molar refractivity (Wildman–Crippen MR) is 57.1 cm³/mol. The fourth-order valence-corrected chi connectivity index (χ4v) is 1.73. The van der Waals surface area contributed by atoms with Gasteiger partial charge in [-0.05, 0) is 23.6 Å². The lowest BCUT2D eigenvalue weighted by Crippen LogP contribution is -2.15. The van der Waals surface area contributed by atoms with Crippen LogP contribution in [0.4, 0.5) is 5.82 Å². The zero-order valence-electron chi connectivity index (χ0n) is 8.06. The van der Waals surface area contributed by atoms with Gasteiger partial charge in [-0.15, -0.1) is 0 Å². The molecule has 0 saturated heterocycles. The summed E-state index contributed by atoms with van der Waals surface area (Å²) in [6.07, 6.45) is 1.69. The largest absolute Gasteiger partial charge is 0.486 e. The molecular weight excluding hydrogens is 192 g/mol. The molecule has 3 rings (SSSR count). The zero-order chi connectivity index (χ0) is 10.3. The summed E-state index contributed by atoms with van der Waals surface area (Å²) >= 11 is 0. The van der Waals surface area contributed by atoms with Gasteiger partial charge in [0, 0.05) is 11.6 Å². The summed E-state index contributed by atoms with van der Waals surface area (Å²) < 4.78 is 11.0. The van der Waals surface area contributed by atoms with Gasteiger partial charge in [0.15, 0.2) is 11.5 Å². The molecule has 0 fully saturated rings. The van der Waals surface area contributed by atoms with E-state index in [1.54, 1.807) is 6.20 Å². The molecule has 4 heteroatoms. The van der Waals surface area contributed by atoms with Crippen LogP contribution in [-0.2, 0) is 0 Å². The van der Waals surface area contributed by atoms with Crippen molar-refractivity contribution >= 4 is 16.6 Å². The highest BCUT2D eigenvalue weighted by atomic mass is 16.6. The van der Waals surface area contributed by atoms with Crippen molar-refractivity contribution in [1.29, 1.82) is 0 Å². The van der Waals surface area contributed by atoms with Gasteiger partial charge in [0.2, 0.25) is 0 Å². The van der Waals surface area contributed by atoms with Crippen molar-refractivity contribution < 1.29 is 9.47 Å². The average Bonchev–Trinajstić information content (AvgIpc) is 2.27. The van der Waals surface area contributed by atoms with Crippen molar-refractivity contribution in [1.82, 2.24) is 4.98 Å². The maximum atomic E-state index is 5.78. The van der Waals surface area contributed by atoms with E-state index in [0.717, 1.165) is 22.3 Å². The van der Waals surface area contributed by atoms with E-state index in [9.17, 15) is 0 Å². The maximum Gasteiger partial charge on any atom is 0.162 e. The number of ether oxygens (including phenoxy) is 2. The van der Waals surface area contributed by atoms with Crippen molar-refractivity contribution in [3.8, 4) is 11.5 Å². The SMILES string of the molecule is Nc1nccc2cc3c(cc12)OCCO3. The third-order valence-corrected chi connectivity index (χ3v) is 2.46. The summed E-state index contributed by atoms with van der Waals surface area (Å²) in [4.78, 5) is 4.04. The van der Waals surface area contributed by atoms with Gasteiger partial charge in [-0.2, -0.15) is 0 Å². The second-order valence-electron chi connectivity index (χ2n) is 3.41. The summed E-state index contributed by atoms with van der Waals surface area (Å²) in [5.74, 6) is 2.04. The number of hydrogen-bond donors (Lipinski definition) is 1. The third-order valence-electron chi connectivity index (χ3n) is 2.46. The number of nitrogens with two attached hydrogens (primary N) is 1. The molecule has 0 amide bonds. The number of anilines is 1. The lowest BCUT2D eigenvalue weighted by molar-refractivity contribution is 0.172. The minimum atomic E-state index is 0.518. The quantitative estimate of drug-likeness (QED) is 0.704. The molecule has 0 spiro atoms. The van der Waals surface area contributed by atoms with Crippen LogP contribution in [0.25, 0.3) is 10.8 Å². The fourth-order valence-electron chi connectivity index (χ4n) is 1.73. The lowest BCUT2D eigenvalue weighted by Gasteiger charge is -2.18. The van der Waals surface area contributed by atoms with Gasteiger partial charge in [0.25, 0.3) is 0 Å². The van der Waals surface area contributed by atoms with E-state index in [1.165, 1.54) is 0 Å². The van der Waals surface area contributed by atoms with Crippen molar-refractivity contribution in [2.24, 2.45) is 0 Å². The van der Waals surface area contributed by atoms with Crippen LogP contribution >= 0.6 is 0 Å². The molecule has 0 radical (unpaired) electrons. The number of nitrogens with zero attached hydrogens (tertiary/aromatic N) is 1. The molecule has 0 saturated carbocycles. The number of aromatic nitrogens is 1. The highest BCUT2D eigenvalue weighted by Gasteiger charge is 2.13. The minimum Gasteiger partial charge on any atom is -0.486 e. The molecular formula is C11H10N2O2. The maximum absolute atomic E-state index is 5.78. The number of fused-ring (bicyclic) bond motifs is 2. The Bertz CT molecular complexity index is 525. The fraction of sp³-hybridized carbons (Fsp3) is 0.182. The summed E-state index contributed by atoms with van der Waals surface area (Å²) in [7, 11) is 0. The van der Waals surface area contributed by atoms with Gasteiger partial charge >= 0.3 is 0 Å². The Balaban J connectivity index is 2.31. The molecule has 1 aromatic carbocycles. The van der Waals surface area contributed by atoms with Gasteiger partial charge in [0.05, 0.1) is 0 Å². The van der Waals surface area contributed by atoms with Crippen molar-refractivity contribution in [2.45, 2.75) is 0 Å². The number of hydrogen-bond acceptors (Lipinski definition) is 4. The Morgan fingerprint density at radius 1 is 1.13 bits per heavy atom. The highest BCUT2D eigenvalue weighted by molar-refractivity contribution is 5.93. The molecule has 76 valence electrons. The molecule has 0 aliphatic carbocycles. The Hall–Kier alpha value is -1.97. The van der Waals surface area contributed by atoms with E-state index in [-0.39, 0.29) is 0 Å². The molecule has 2 aromatic rings. The number of rotatable bonds is 0. The lowest BCUT2D eigenvalue weighted by atomic mass is 10.1. The molecule has 2 N–H and O–H groups in total. The summed E-state index contributed by atoms with van der Waals surface area (Å²) in [5, 5.41) is 1.92. The first-order valence-electron chi connectivity index (χ1n) is 4.78. The Morgan fingerprint density at radius 2 is 1.87 bits per heavy atom. The van der Waals surface area contributed by atoms with Gasteiger partial charge in [-0.25, -0.2) is 4.98 Å². The van der Waals surface area contributed by atoms with Crippen LogP contribution in [0.15, 0.2) is 24.4 Å². The predicted octanol–water partition coefficient (Wildman–Crippen LogP) is 1.59. The van der Waals surface area contributed by atoms with Crippen molar-refractivity contribution in [3.05, 3.63) is 24.4 Å². The molecule has 15 heavy (non-hydrogen) atoms. The Morgan fingerprint density at radius 3 is 2.67 bits per heavy atom. The molecule has 0 bridgehead atoms. The van der Waals surface area contributed by atoms with Crippen LogP contribution in [0.5, 0.6) is 11.5 Å². The number of benzene rings is 1. The van der Waals surface area contributed by atoms with E-state index < -0.39 is 0 Å². The van der Waals surface area contributed by atoms with Crippen LogP contribution in [0.1, 0.15) is 0 Å². The van der Waals surface area contributed by atoms with Gasteiger partial charge in [-0.3, -0.25) is 0 Å². The van der Waals surface area contributed by atoms with E-state index in [1.807, 2.05) is 18.2 Å². The van der Waals surface area contributed by atoms with Gasteiger partial charge in [-0.1, -0.05) is 0 Å². The Kier molecular flexibility index (Phi) is 1.68.